The molecule has 2 aromatic heterocycles. The number of carbonyl (C=O) groups is 1. The summed E-state index contributed by atoms with van der Waals surface area (Å²) in [5, 5.41) is 3.59. The molecule has 10 heteroatoms. The molecule has 0 aliphatic carbocycles. The van der Waals surface area contributed by atoms with Gasteiger partial charge in [0, 0.05) is 23.7 Å². The van der Waals surface area contributed by atoms with E-state index in [1.807, 2.05) is 18.2 Å². The molecule has 1 fully saturated rings. The largest absolute Gasteiger partial charge is 0.448 e. The average molecular weight is 471 g/mol. The van der Waals surface area contributed by atoms with Gasteiger partial charge in [-0.15, -0.1) is 0 Å². The van der Waals surface area contributed by atoms with Crippen molar-refractivity contribution in [3.05, 3.63) is 64.5 Å². The molecule has 2 aromatic carbocycles. The van der Waals surface area contributed by atoms with E-state index in [0.717, 1.165) is 36.7 Å². The number of para-hydroxylation sites is 1. The van der Waals surface area contributed by atoms with Crippen molar-refractivity contribution in [2.75, 3.05) is 17.7 Å². The number of halogens is 2. The minimum Gasteiger partial charge on any atom is -0.448 e. The number of rotatable bonds is 6. The first kappa shape index (κ1) is 21.6. The van der Waals surface area contributed by atoms with E-state index < -0.39 is 17.5 Å². The lowest BCUT2D eigenvalue weighted by atomic mass is 10.2. The molecule has 7 nitrogen and oxygen atoms in total. The number of amides is 1. The summed E-state index contributed by atoms with van der Waals surface area (Å²) in [5.41, 5.74) is 0.946. The summed E-state index contributed by atoms with van der Waals surface area (Å²) in [7, 11) is 0. The number of nitrogens with one attached hydrogen (secondary N) is 1. The van der Waals surface area contributed by atoms with E-state index in [1.165, 1.54) is 10.6 Å². The summed E-state index contributed by atoms with van der Waals surface area (Å²) in [6.07, 6.45) is 1.62. The van der Waals surface area contributed by atoms with E-state index in [1.54, 1.807) is 6.07 Å². The molecule has 0 spiro atoms. The van der Waals surface area contributed by atoms with E-state index in [-0.39, 0.29) is 28.7 Å². The Balaban J connectivity index is 1.45. The Labute approximate surface area is 190 Å². The van der Waals surface area contributed by atoms with E-state index >= 15 is 0 Å². The van der Waals surface area contributed by atoms with Crippen molar-refractivity contribution in [1.29, 1.82) is 0 Å². The molecule has 1 atom stereocenters. The summed E-state index contributed by atoms with van der Waals surface area (Å²) in [5.74, 6) is -2.57. The normalized spacial score (nSPS) is 16.0. The maximum atomic E-state index is 13.4. The molecule has 0 unspecified atom stereocenters. The highest BCUT2D eigenvalue weighted by molar-refractivity contribution is 7.99. The van der Waals surface area contributed by atoms with Gasteiger partial charge >= 0.3 is 0 Å². The number of aromatic nitrogens is 2. The number of nitrogens with zero attached hydrogens (tertiary/aromatic N) is 2. The SMILES string of the molecule is O=C(CSc1nc2c(oc3ccccc32)c(=O)n1C[C@@H]1CCCO1)Nc1ccc(F)c(F)c1. The summed E-state index contributed by atoms with van der Waals surface area (Å²) in [6, 6.07) is 10.4. The molecule has 0 radical (unpaired) electrons. The van der Waals surface area contributed by atoms with E-state index in [0.29, 0.717) is 34.8 Å². The standard InChI is InChI=1S/C23H19F2N3O4S/c24-16-8-7-13(10-17(16)25)26-19(29)12-33-23-27-20-15-5-1-2-6-18(15)32-21(20)22(30)28(23)11-14-4-3-9-31-14/h1-2,5-8,10,14H,3-4,9,11-12H2,(H,26,29)/t14-/m0/s1. The van der Waals surface area contributed by atoms with Gasteiger partial charge in [-0.2, -0.15) is 0 Å². The first-order chi connectivity index (χ1) is 16.0. The Hall–Kier alpha value is -3.24. The van der Waals surface area contributed by atoms with Crippen LogP contribution in [0.5, 0.6) is 0 Å². The molecule has 1 saturated heterocycles. The number of thioether (sulfide) groups is 1. The van der Waals surface area contributed by atoms with Crippen LogP contribution < -0.4 is 10.9 Å². The van der Waals surface area contributed by atoms with Crippen LogP contribution in [0.1, 0.15) is 12.8 Å². The fourth-order valence-corrected chi connectivity index (χ4v) is 4.62. The lowest BCUT2D eigenvalue weighted by molar-refractivity contribution is -0.113. The van der Waals surface area contributed by atoms with Crippen LogP contribution in [0.15, 0.2) is 56.8 Å². The van der Waals surface area contributed by atoms with Crippen molar-refractivity contribution >= 4 is 45.4 Å². The van der Waals surface area contributed by atoms with E-state index in [2.05, 4.69) is 10.3 Å². The summed E-state index contributed by atoms with van der Waals surface area (Å²) >= 11 is 1.08. The van der Waals surface area contributed by atoms with Crippen molar-refractivity contribution in [3.63, 3.8) is 0 Å². The van der Waals surface area contributed by atoms with Crippen LogP contribution in [0.25, 0.3) is 22.1 Å². The van der Waals surface area contributed by atoms with Gasteiger partial charge in [-0.1, -0.05) is 23.9 Å². The molecule has 33 heavy (non-hydrogen) atoms. The second-order valence-corrected chi connectivity index (χ2v) is 8.63. The van der Waals surface area contributed by atoms with Crippen molar-refractivity contribution in [1.82, 2.24) is 9.55 Å². The van der Waals surface area contributed by atoms with Gasteiger partial charge in [0.25, 0.3) is 5.56 Å². The predicted molar refractivity (Wildman–Crippen MR) is 120 cm³/mol. The topological polar surface area (TPSA) is 86.4 Å². The molecule has 3 heterocycles. The maximum absolute atomic E-state index is 13.4. The summed E-state index contributed by atoms with van der Waals surface area (Å²) in [6.45, 7) is 0.935. The first-order valence-electron chi connectivity index (χ1n) is 10.4. The molecule has 1 aliphatic heterocycles. The Bertz CT molecular complexity index is 1410. The number of ether oxygens (including phenoxy) is 1. The quantitative estimate of drug-likeness (QED) is 0.333. The number of carbonyl (C=O) groups excluding carboxylic acids is 1. The van der Waals surface area contributed by atoms with Gasteiger partial charge in [0.1, 0.15) is 11.1 Å². The first-order valence-corrected chi connectivity index (χ1v) is 11.4. The van der Waals surface area contributed by atoms with Crippen LogP contribution in [0.2, 0.25) is 0 Å². The number of fused-ring (bicyclic) bond motifs is 3. The van der Waals surface area contributed by atoms with Crippen LogP contribution in [0, 0.1) is 11.6 Å². The molecule has 1 amide bonds. The zero-order chi connectivity index (χ0) is 22.9. The lowest BCUT2D eigenvalue weighted by Gasteiger charge is -2.15. The van der Waals surface area contributed by atoms with Crippen molar-refractivity contribution in [3.8, 4) is 0 Å². The van der Waals surface area contributed by atoms with Crippen LogP contribution >= 0.6 is 11.8 Å². The van der Waals surface area contributed by atoms with Gasteiger partial charge in [0.15, 0.2) is 16.8 Å². The number of furan rings is 1. The second-order valence-electron chi connectivity index (χ2n) is 7.69. The fraction of sp³-hybridized carbons (Fsp3) is 0.261. The molecule has 5 rings (SSSR count). The van der Waals surface area contributed by atoms with Crippen molar-refractivity contribution < 1.29 is 22.7 Å². The minimum atomic E-state index is -1.05. The highest BCUT2D eigenvalue weighted by Crippen LogP contribution is 2.28. The summed E-state index contributed by atoms with van der Waals surface area (Å²) in [4.78, 5) is 30.4. The predicted octanol–water partition coefficient (Wildman–Crippen LogP) is 4.33. The maximum Gasteiger partial charge on any atom is 0.297 e. The van der Waals surface area contributed by atoms with Crippen molar-refractivity contribution in [2.24, 2.45) is 0 Å². The lowest BCUT2D eigenvalue weighted by Crippen LogP contribution is -2.29. The second kappa shape index (κ2) is 8.95. The molecule has 0 saturated carbocycles. The molecule has 4 aromatic rings. The Morgan fingerprint density at radius 2 is 2.06 bits per heavy atom. The van der Waals surface area contributed by atoms with Gasteiger partial charge in [-0.25, -0.2) is 13.8 Å². The zero-order valence-electron chi connectivity index (χ0n) is 17.3. The zero-order valence-corrected chi connectivity index (χ0v) is 18.2. The van der Waals surface area contributed by atoms with E-state index in [9.17, 15) is 18.4 Å². The average Bonchev–Trinajstić information content (AvgIpc) is 3.45. The van der Waals surface area contributed by atoms with Crippen molar-refractivity contribution in [2.45, 2.75) is 30.6 Å². The fourth-order valence-electron chi connectivity index (χ4n) is 3.82. The smallest absolute Gasteiger partial charge is 0.297 e. The molecule has 1 N–H and O–H groups in total. The minimum absolute atomic E-state index is 0.0851. The molecule has 170 valence electrons. The van der Waals surface area contributed by atoms with Gasteiger partial charge in [-0.3, -0.25) is 14.2 Å². The Kier molecular flexibility index (Phi) is 5.86. The van der Waals surface area contributed by atoms with Gasteiger partial charge < -0.3 is 14.5 Å². The molecular formula is C23H19F2N3O4S. The number of hydrogen-bond donors (Lipinski definition) is 1. The number of benzene rings is 2. The van der Waals surface area contributed by atoms with Crippen LogP contribution in [0.4, 0.5) is 14.5 Å². The van der Waals surface area contributed by atoms with Gasteiger partial charge in [0.05, 0.1) is 18.4 Å². The van der Waals surface area contributed by atoms with Crippen LogP contribution in [0.3, 0.4) is 0 Å². The third-order valence-corrected chi connectivity index (χ3v) is 6.37. The summed E-state index contributed by atoms with van der Waals surface area (Å²) < 4.78 is 39.5. The monoisotopic (exact) mass is 471 g/mol. The third-order valence-electron chi connectivity index (χ3n) is 5.39. The Morgan fingerprint density at radius 3 is 2.85 bits per heavy atom. The molecular weight excluding hydrogens is 452 g/mol. The Morgan fingerprint density at radius 1 is 1.21 bits per heavy atom. The van der Waals surface area contributed by atoms with Gasteiger partial charge in [-0.05, 0) is 37.1 Å². The third kappa shape index (κ3) is 4.36. The highest BCUT2D eigenvalue weighted by atomic mass is 32.2. The number of anilines is 1. The highest BCUT2D eigenvalue weighted by Gasteiger charge is 2.23. The van der Waals surface area contributed by atoms with Gasteiger partial charge in [0.2, 0.25) is 11.5 Å². The number of hydrogen-bond acceptors (Lipinski definition) is 6. The van der Waals surface area contributed by atoms with Crippen LogP contribution in [-0.2, 0) is 16.1 Å². The molecule has 0 bridgehead atoms. The van der Waals surface area contributed by atoms with Crippen LogP contribution in [-0.4, -0.2) is 33.9 Å². The van der Waals surface area contributed by atoms with E-state index in [4.69, 9.17) is 9.15 Å². The molecule has 1 aliphatic rings.